The van der Waals surface area contributed by atoms with Crippen molar-refractivity contribution in [1.29, 1.82) is 0 Å². The molecule has 1 aromatic heterocycles. The van der Waals surface area contributed by atoms with Gasteiger partial charge >= 0.3 is 0 Å². The number of likely N-dealkylation sites (N-methyl/N-ethyl adjacent to an activating group) is 1. The van der Waals surface area contributed by atoms with Crippen LogP contribution in [0.3, 0.4) is 0 Å². The van der Waals surface area contributed by atoms with Crippen LogP contribution in [0.1, 0.15) is 0 Å². The van der Waals surface area contributed by atoms with Crippen LogP contribution in [0.5, 0.6) is 0 Å². The van der Waals surface area contributed by atoms with Crippen LogP contribution in [0.2, 0.25) is 0 Å². The minimum absolute atomic E-state index is 0.332. The van der Waals surface area contributed by atoms with Crippen molar-refractivity contribution in [3.05, 3.63) is 22.6 Å². The number of rotatable bonds is 4. The van der Waals surface area contributed by atoms with Crippen molar-refractivity contribution in [2.24, 2.45) is 0 Å². The minimum Gasteiger partial charge on any atom is -0.382 e. The molecular weight excluding hydrogens is 204 g/mol. The predicted molar refractivity (Wildman–Crippen MR) is 56.8 cm³/mol. The van der Waals surface area contributed by atoms with Gasteiger partial charge in [-0.25, -0.2) is 0 Å². The van der Waals surface area contributed by atoms with Gasteiger partial charge in [0.25, 0.3) is 5.56 Å². The number of hydrogen-bond acceptors (Lipinski definition) is 4. The average molecular weight is 217 g/mol. The lowest BCUT2D eigenvalue weighted by atomic mass is 10.4. The Morgan fingerprint density at radius 3 is 2.93 bits per heavy atom. The van der Waals surface area contributed by atoms with Crippen molar-refractivity contribution >= 4 is 17.5 Å². The van der Waals surface area contributed by atoms with Gasteiger partial charge in [-0.15, -0.1) is 4.20 Å². The molecule has 0 amide bonds. The topological polar surface area (TPSA) is 50.2 Å². The Hall–Kier alpha value is -1.07. The third-order valence-corrected chi connectivity index (χ3v) is 1.90. The fourth-order valence-corrected chi connectivity index (χ4v) is 1.01. The smallest absolute Gasteiger partial charge is 0.284 e. The second-order valence-electron chi connectivity index (χ2n) is 3.17. The molecule has 0 aromatic carbocycles. The van der Waals surface area contributed by atoms with Gasteiger partial charge in [-0.1, -0.05) is 0 Å². The molecule has 78 valence electrons. The maximum atomic E-state index is 11.1. The largest absolute Gasteiger partial charge is 0.382 e. The molecule has 0 radical (unpaired) electrons. The fourth-order valence-electron chi connectivity index (χ4n) is 0.914. The van der Waals surface area contributed by atoms with E-state index in [0.717, 1.165) is 17.3 Å². The Bertz CT molecular complexity index is 349. The van der Waals surface area contributed by atoms with Gasteiger partial charge in [0.15, 0.2) is 0 Å². The van der Waals surface area contributed by atoms with E-state index in [9.17, 15) is 4.79 Å². The predicted octanol–water partition coefficient (Wildman–Crippen LogP) is 0.219. The molecule has 0 bridgehead atoms. The Kier molecular flexibility index (Phi) is 3.91. The summed E-state index contributed by atoms with van der Waals surface area (Å²) in [5.41, 5.74) is 0.357. The van der Waals surface area contributed by atoms with Crippen LogP contribution in [0, 0.1) is 0 Å². The van der Waals surface area contributed by atoms with Crippen molar-refractivity contribution in [2.45, 2.75) is 0 Å². The summed E-state index contributed by atoms with van der Waals surface area (Å²) in [6.07, 6.45) is 1.52. The van der Waals surface area contributed by atoms with Crippen molar-refractivity contribution in [2.75, 3.05) is 32.5 Å². The summed E-state index contributed by atoms with van der Waals surface area (Å²) in [6.45, 7) is 1.66. The van der Waals surface area contributed by atoms with E-state index in [2.05, 4.69) is 10.4 Å². The molecule has 1 rings (SSSR count). The van der Waals surface area contributed by atoms with E-state index in [1.165, 1.54) is 12.3 Å². The van der Waals surface area contributed by atoms with Crippen molar-refractivity contribution in [3.8, 4) is 0 Å². The molecule has 0 aliphatic rings. The molecule has 0 saturated carbocycles. The summed E-state index contributed by atoms with van der Waals surface area (Å²) in [5.74, 6) is 0. The van der Waals surface area contributed by atoms with Gasteiger partial charge in [-0.3, -0.25) is 4.79 Å². The van der Waals surface area contributed by atoms with Gasteiger partial charge in [-0.2, -0.15) is 5.10 Å². The molecule has 1 aromatic rings. The molecule has 1 heterocycles. The number of nitrogens with one attached hydrogen (secondary N) is 1. The maximum absolute atomic E-state index is 11.1. The van der Waals surface area contributed by atoms with E-state index in [0.29, 0.717) is 5.69 Å². The van der Waals surface area contributed by atoms with E-state index in [1.807, 2.05) is 19.0 Å². The lowest BCUT2D eigenvalue weighted by Gasteiger charge is -2.10. The normalized spacial score (nSPS) is 10.6. The van der Waals surface area contributed by atoms with Gasteiger partial charge in [0.1, 0.15) is 0 Å². The van der Waals surface area contributed by atoms with Gasteiger partial charge in [-0.05, 0) is 14.1 Å². The Morgan fingerprint density at radius 2 is 2.36 bits per heavy atom. The van der Waals surface area contributed by atoms with Crippen LogP contribution < -0.4 is 10.9 Å². The first kappa shape index (κ1) is 11.0. The summed E-state index contributed by atoms with van der Waals surface area (Å²) >= 11 is 5.42. The highest BCUT2D eigenvalue weighted by Crippen LogP contribution is 1.98. The zero-order valence-electron chi connectivity index (χ0n) is 8.20. The second kappa shape index (κ2) is 4.97. The number of anilines is 1. The summed E-state index contributed by atoms with van der Waals surface area (Å²) in [5, 5.41) is 6.74. The molecule has 0 atom stereocenters. The molecule has 1 N–H and O–H groups in total. The molecule has 0 saturated heterocycles. The first-order valence-electron chi connectivity index (χ1n) is 4.24. The molecular formula is C8H13ClN4O. The molecule has 0 spiro atoms. The van der Waals surface area contributed by atoms with Crippen molar-refractivity contribution in [3.63, 3.8) is 0 Å². The highest BCUT2D eigenvalue weighted by atomic mass is 35.5. The van der Waals surface area contributed by atoms with E-state index in [1.54, 1.807) is 0 Å². The highest BCUT2D eigenvalue weighted by Gasteiger charge is 1.97. The number of aromatic nitrogens is 2. The summed E-state index contributed by atoms with van der Waals surface area (Å²) in [7, 11) is 3.97. The Morgan fingerprint density at radius 1 is 1.64 bits per heavy atom. The van der Waals surface area contributed by atoms with Crippen LogP contribution in [0.15, 0.2) is 17.1 Å². The molecule has 0 unspecified atom stereocenters. The molecule has 0 aliphatic carbocycles. The van der Waals surface area contributed by atoms with E-state index >= 15 is 0 Å². The van der Waals surface area contributed by atoms with E-state index in [-0.39, 0.29) is 5.56 Å². The van der Waals surface area contributed by atoms with Crippen LogP contribution in [-0.4, -0.2) is 41.4 Å². The van der Waals surface area contributed by atoms with Crippen LogP contribution in [-0.2, 0) is 0 Å². The van der Waals surface area contributed by atoms with E-state index in [4.69, 9.17) is 11.8 Å². The second-order valence-corrected chi connectivity index (χ2v) is 3.49. The first-order valence-corrected chi connectivity index (χ1v) is 4.57. The Balaban J connectivity index is 2.52. The highest BCUT2D eigenvalue weighted by molar-refractivity contribution is 6.14. The van der Waals surface area contributed by atoms with Crippen LogP contribution in [0.25, 0.3) is 0 Å². The molecule has 5 nitrogen and oxygen atoms in total. The summed E-state index contributed by atoms with van der Waals surface area (Å²) < 4.78 is 0.775. The number of halogens is 1. The monoisotopic (exact) mass is 216 g/mol. The van der Waals surface area contributed by atoms with Crippen molar-refractivity contribution in [1.82, 2.24) is 14.2 Å². The zero-order valence-corrected chi connectivity index (χ0v) is 8.95. The van der Waals surface area contributed by atoms with Gasteiger partial charge in [0.05, 0.1) is 11.9 Å². The Labute approximate surface area is 87.4 Å². The maximum Gasteiger partial charge on any atom is 0.284 e. The van der Waals surface area contributed by atoms with Gasteiger partial charge in [0, 0.05) is 30.9 Å². The fraction of sp³-hybridized carbons (Fsp3) is 0.500. The lowest BCUT2D eigenvalue weighted by Crippen LogP contribution is -2.22. The molecule has 14 heavy (non-hydrogen) atoms. The molecule has 0 fully saturated rings. The quantitative estimate of drug-likeness (QED) is 0.783. The number of nitrogens with zero attached hydrogens (tertiary/aromatic N) is 3. The van der Waals surface area contributed by atoms with Crippen molar-refractivity contribution < 1.29 is 0 Å². The SMILES string of the molecule is CN(C)CCNc1cnn(Cl)c(=O)c1. The van der Waals surface area contributed by atoms with Gasteiger partial charge < -0.3 is 10.2 Å². The third-order valence-electron chi connectivity index (χ3n) is 1.65. The minimum atomic E-state index is -0.332. The van der Waals surface area contributed by atoms with Gasteiger partial charge in [0.2, 0.25) is 0 Å². The first-order chi connectivity index (χ1) is 6.59. The molecule has 0 aliphatic heterocycles. The average Bonchev–Trinajstić information content (AvgIpc) is 2.10. The standard InChI is InChI=1S/C8H13ClN4O/c1-12(2)4-3-10-7-5-8(14)13(9)11-6-7/h5-6,10H,3-4H2,1-2H3. The van der Waals surface area contributed by atoms with Crippen LogP contribution >= 0.6 is 11.8 Å². The van der Waals surface area contributed by atoms with E-state index < -0.39 is 0 Å². The molecule has 6 heteroatoms. The summed E-state index contributed by atoms with van der Waals surface area (Å²) in [4.78, 5) is 13.1. The number of hydrogen-bond donors (Lipinski definition) is 1. The third kappa shape index (κ3) is 3.35. The lowest BCUT2D eigenvalue weighted by molar-refractivity contribution is 0.425. The summed E-state index contributed by atoms with van der Waals surface area (Å²) in [6, 6.07) is 1.41. The van der Waals surface area contributed by atoms with Crippen LogP contribution in [0.4, 0.5) is 5.69 Å². The zero-order chi connectivity index (χ0) is 10.6.